The van der Waals surface area contributed by atoms with Gasteiger partial charge in [-0.05, 0) is 43.3 Å². The van der Waals surface area contributed by atoms with Crippen molar-refractivity contribution in [2.24, 2.45) is 5.73 Å². The Morgan fingerprint density at radius 2 is 2.25 bits per heavy atom. The number of nitrogens with two attached hydrogens (primary N) is 1. The molecule has 1 heterocycles. The molecule has 0 amide bonds. The lowest BCUT2D eigenvalue weighted by atomic mass is 10.2. The molecule has 6 heteroatoms. The van der Waals surface area contributed by atoms with E-state index in [1.165, 1.54) is 18.4 Å². The maximum atomic E-state index is 5.77. The first-order valence-electron chi connectivity index (χ1n) is 5.27. The molecule has 2 rings (SSSR count). The summed E-state index contributed by atoms with van der Waals surface area (Å²) in [6.07, 6.45) is 5.23. The number of nitrogens with one attached hydrogen (secondary N) is 1. The molecular weight excluding hydrogens is 247 g/mol. The van der Waals surface area contributed by atoms with Gasteiger partial charge in [0.2, 0.25) is 5.28 Å². The summed E-state index contributed by atoms with van der Waals surface area (Å²) in [5.41, 5.74) is 6.63. The van der Waals surface area contributed by atoms with Crippen LogP contribution in [0.3, 0.4) is 0 Å². The average Bonchev–Trinajstić information content (AvgIpc) is 3.02. The molecule has 1 aromatic heterocycles. The van der Waals surface area contributed by atoms with Crippen molar-refractivity contribution in [3.05, 3.63) is 17.0 Å². The van der Waals surface area contributed by atoms with Crippen molar-refractivity contribution in [1.29, 1.82) is 0 Å². The highest BCUT2D eigenvalue weighted by Gasteiger charge is 2.27. The molecule has 16 heavy (non-hydrogen) atoms. The van der Waals surface area contributed by atoms with Crippen LogP contribution in [0.25, 0.3) is 0 Å². The third-order valence-corrected chi connectivity index (χ3v) is 2.66. The van der Waals surface area contributed by atoms with Crippen molar-refractivity contribution in [1.82, 2.24) is 9.97 Å². The van der Waals surface area contributed by atoms with Gasteiger partial charge in [0.15, 0.2) is 0 Å². The molecule has 1 aromatic rings. The first-order chi connectivity index (χ1) is 7.31. The second-order valence-electron chi connectivity index (χ2n) is 3.79. The Labute approximate surface area is 106 Å². The average molecular weight is 263 g/mol. The van der Waals surface area contributed by atoms with E-state index in [2.05, 4.69) is 15.3 Å². The molecule has 1 aliphatic rings. The summed E-state index contributed by atoms with van der Waals surface area (Å²) < 4.78 is 0. The van der Waals surface area contributed by atoms with Gasteiger partial charge in [-0.2, -0.15) is 0 Å². The zero-order valence-corrected chi connectivity index (χ0v) is 10.5. The van der Waals surface area contributed by atoms with E-state index in [1.54, 1.807) is 0 Å². The van der Waals surface area contributed by atoms with E-state index in [-0.39, 0.29) is 12.4 Å². The molecule has 0 unspecified atom stereocenters. The predicted octanol–water partition coefficient (Wildman–Crippen LogP) is 2.19. The second-order valence-corrected chi connectivity index (χ2v) is 4.12. The molecule has 0 saturated heterocycles. The fourth-order valence-corrected chi connectivity index (χ4v) is 1.65. The molecule has 0 atom stereocenters. The van der Waals surface area contributed by atoms with E-state index in [0.29, 0.717) is 17.7 Å². The van der Waals surface area contributed by atoms with Gasteiger partial charge in [-0.1, -0.05) is 0 Å². The van der Waals surface area contributed by atoms with Gasteiger partial charge in [-0.15, -0.1) is 12.4 Å². The van der Waals surface area contributed by atoms with Gasteiger partial charge in [-0.25, -0.2) is 9.97 Å². The number of hydrogen-bond acceptors (Lipinski definition) is 4. The first kappa shape index (κ1) is 13.5. The van der Waals surface area contributed by atoms with E-state index < -0.39 is 0 Å². The Hall–Kier alpha value is -0.580. The minimum absolute atomic E-state index is 0. The number of anilines is 1. The lowest BCUT2D eigenvalue weighted by molar-refractivity contribution is 0.864. The second kappa shape index (κ2) is 6.23. The van der Waals surface area contributed by atoms with Crippen LogP contribution < -0.4 is 11.1 Å². The molecule has 3 N–H and O–H groups in total. The molecule has 0 radical (unpaired) electrons. The molecule has 0 bridgehead atoms. The van der Waals surface area contributed by atoms with Crippen LogP contribution in [0.1, 0.15) is 30.7 Å². The highest BCUT2D eigenvalue weighted by molar-refractivity contribution is 6.28. The largest absolute Gasteiger partial charge is 0.370 e. The zero-order chi connectivity index (χ0) is 10.7. The van der Waals surface area contributed by atoms with E-state index >= 15 is 0 Å². The van der Waals surface area contributed by atoms with Crippen molar-refractivity contribution in [2.75, 3.05) is 18.4 Å². The van der Waals surface area contributed by atoms with Crippen molar-refractivity contribution >= 4 is 29.8 Å². The van der Waals surface area contributed by atoms with Crippen molar-refractivity contribution in [3.63, 3.8) is 0 Å². The summed E-state index contributed by atoms with van der Waals surface area (Å²) in [5, 5.41) is 3.56. The summed E-state index contributed by atoms with van der Waals surface area (Å²) in [6, 6.07) is 0. The fraction of sp³-hybridized carbons (Fsp3) is 0.600. The summed E-state index contributed by atoms with van der Waals surface area (Å²) in [7, 11) is 0. The van der Waals surface area contributed by atoms with Crippen LogP contribution in [0.4, 0.5) is 5.82 Å². The third kappa shape index (κ3) is 3.47. The molecule has 1 aliphatic carbocycles. The van der Waals surface area contributed by atoms with Crippen LogP contribution in [-0.2, 0) is 0 Å². The summed E-state index contributed by atoms with van der Waals surface area (Å²) in [5.74, 6) is 1.51. The van der Waals surface area contributed by atoms with E-state index in [0.717, 1.165) is 18.8 Å². The molecule has 90 valence electrons. The predicted molar refractivity (Wildman–Crippen MR) is 68.4 cm³/mol. The topological polar surface area (TPSA) is 63.8 Å². The summed E-state index contributed by atoms with van der Waals surface area (Å²) in [4.78, 5) is 8.23. The first-order valence-corrected chi connectivity index (χ1v) is 5.65. The van der Waals surface area contributed by atoms with E-state index in [9.17, 15) is 0 Å². The monoisotopic (exact) mass is 262 g/mol. The number of aromatic nitrogens is 2. The van der Waals surface area contributed by atoms with Gasteiger partial charge in [0.05, 0.1) is 0 Å². The Morgan fingerprint density at radius 3 is 2.88 bits per heavy atom. The van der Waals surface area contributed by atoms with Crippen LogP contribution in [0.5, 0.6) is 0 Å². The lowest BCUT2D eigenvalue weighted by Gasteiger charge is -2.09. The molecule has 4 nitrogen and oxygen atoms in total. The van der Waals surface area contributed by atoms with Crippen LogP contribution in [0.15, 0.2) is 6.20 Å². The number of hydrogen-bond donors (Lipinski definition) is 2. The molecule has 0 aliphatic heterocycles. The molecule has 0 spiro atoms. The van der Waals surface area contributed by atoms with Gasteiger partial charge in [0.25, 0.3) is 0 Å². The van der Waals surface area contributed by atoms with Crippen LogP contribution >= 0.6 is 24.0 Å². The minimum atomic E-state index is 0. The Morgan fingerprint density at radius 1 is 1.50 bits per heavy atom. The van der Waals surface area contributed by atoms with Crippen LogP contribution in [-0.4, -0.2) is 23.1 Å². The molecular formula is C10H16Cl2N4. The lowest BCUT2D eigenvalue weighted by Crippen LogP contribution is -2.11. The van der Waals surface area contributed by atoms with Crippen molar-refractivity contribution < 1.29 is 0 Å². The third-order valence-electron chi connectivity index (χ3n) is 2.48. The number of halogens is 2. The molecule has 1 fully saturated rings. The van der Waals surface area contributed by atoms with Gasteiger partial charge in [-0.3, -0.25) is 0 Å². The Kier molecular flexibility index (Phi) is 5.25. The van der Waals surface area contributed by atoms with E-state index in [4.69, 9.17) is 17.3 Å². The summed E-state index contributed by atoms with van der Waals surface area (Å²) in [6.45, 7) is 1.52. The number of rotatable bonds is 5. The summed E-state index contributed by atoms with van der Waals surface area (Å²) >= 11 is 5.77. The Bertz CT molecular complexity index is 342. The van der Waals surface area contributed by atoms with Gasteiger partial charge < -0.3 is 11.1 Å². The SMILES string of the molecule is Cl.NCCCNc1nc(Cl)ncc1C1CC1. The fourth-order valence-electron chi connectivity index (χ4n) is 1.51. The standard InChI is InChI=1S/C10H15ClN4.ClH/c11-10-14-6-8(7-2-3-7)9(15-10)13-5-1-4-12;/h6-7H,1-5,12H2,(H,13,14,15);1H. The molecule has 1 saturated carbocycles. The normalized spacial score (nSPS) is 14.4. The van der Waals surface area contributed by atoms with Crippen molar-refractivity contribution in [3.8, 4) is 0 Å². The van der Waals surface area contributed by atoms with Crippen LogP contribution in [0, 0.1) is 0 Å². The highest BCUT2D eigenvalue weighted by atomic mass is 35.5. The quantitative estimate of drug-likeness (QED) is 0.631. The molecule has 0 aromatic carbocycles. The number of nitrogens with zero attached hydrogens (tertiary/aromatic N) is 2. The maximum absolute atomic E-state index is 5.77. The van der Waals surface area contributed by atoms with Crippen molar-refractivity contribution in [2.45, 2.75) is 25.2 Å². The van der Waals surface area contributed by atoms with E-state index in [1.807, 2.05) is 6.20 Å². The van der Waals surface area contributed by atoms with Gasteiger partial charge >= 0.3 is 0 Å². The van der Waals surface area contributed by atoms with Gasteiger partial charge in [0.1, 0.15) is 5.82 Å². The highest BCUT2D eigenvalue weighted by Crippen LogP contribution is 2.42. The van der Waals surface area contributed by atoms with Crippen LogP contribution in [0.2, 0.25) is 5.28 Å². The maximum Gasteiger partial charge on any atom is 0.224 e. The minimum Gasteiger partial charge on any atom is -0.370 e. The van der Waals surface area contributed by atoms with Gasteiger partial charge in [0, 0.05) is 18.3 Å². The Balaban J connectivity index is 0.00000128. The zero-order valence-electron chi connectivity index (χ0n) is 8.95. The smallest absolute Gasteiger partial charge is 0.224 e.